The molecule has 0 aromatic heterocycles. The molecule has 1 rings (SSSR count). The van der Waals surface area contributed by atoms with Crippen LogP contribution < -0.4 is 0 Å². The number of carbonyl (C=O) groups is 2. The zero-order chi connectivity index (χ0) is 12.9. The highest BCUT2D eigenvalue weighted by Gasteiger charge is 2.38. The van der Waals surface area contributed by atoms with Crippen molar-refractivity contribution in [2.24, 2.45) is 0 Å². The van der Waals surface area contributed by atoms with E-state index in [0.717, 1.165) is 6.92 Å². The molecule has 0 spiro atoms. The molecule has 0 radical (unpaired) electrons. The molecule has 1 aliphatic rings. The van der Waals surface area contributed by atoms with Gasteiger partial charge < -0.3 is 30.3 Å². The first-order valence-corrected chi connectivity index (χ1v) is 4.12. The molecule has 0 aromatic rings. The number of rotatable bonds is 2. The van der Waals surface area contributed by atoms with Crippen molar-refractivity contribution in [3.63, 3.8) is 0 Å². The normalized spacial score (nSPS) is 20.9. The smallest absolute Gasteiger partial charge is 0.377 e. The van der Waals surface area contributed by atoms with Crippen molar-refractivity contribution < 1.29 is 39.9 Å². The molecule has 1 aliphatic heterocycles. The van der Waals surface area contributed by atoms with Crippen LogP contribution in [-0.2, 0) is 14.3 Å². The highest BCUT2D eigenvalue weighted by atomic mass is 16.6. The van der Waals surface area contributed by atoms with Crippen molar-refractivity contribution >= 4 is 11.9 Å². The van der Waals surface area contributed by atoms with E-state index in [-0.39, 0.29) is 0 Å². The zero-order valence-electron chi connectivity index (χ0n) is 8.32. The topological polar surface area (TPSA) is 145 Å². The van der Waals surface area contributed by atoms with Gasteiger partial charge in [-0.1, -0.05) is 0 Å². The van der Waals surface area contributed by atoms with Crippen LogP contribution in [0.4, 0.5) is 0 Å². The lowest BCUT2D eigenvalue weighted by Gasteiger charge is -2.13. The van der Waals surface area contributed by atoms with Crippen LogP contribution in [0.15, 0.2) is 11.5 Å². The summed E-state index contributed by atoms with van der Waals surface area (Å²) in [5.41, 5.74) is 0. The molecule has 16 heavy (non-hydrogen) atoms. The van der Waals surface area contributed by atoms with Crippen molar-refractivity contribution in [1.82, 2.24) is 0 Å². The molecule has 2 atom stereocenters. The fourth-order valence-electron chi connectivity index (χ4n) is 0.823. The Hall–Kier alpha value is -1.80. The summed E-state index contributed by atoms with van der Waals surface area (Å²) >= 11 is 0. The maximum Gasteiger partial charge on any atom is 0.377 e. The Kier molecular flexibility index (Phi) is 5.26. The molecular formula is C8H12O8. The van der Waals surface area contributed by atoms with Gasteiger partial charge in [-0.15, -0.1) is 0 Å². The molecule has 1 unspecified atom stereocenters. The summed E-state index contributed by atoms with van der Waals surface area (Å²) in [6, 6.07) is 0. The number of aliphatic hydroxyl groups is 4. The van der Waals surface area contributed by atoms with Crippen LogP contribution in [0.25, 0.3) is 0 Å². The van der Waals surface area contributed by atoms with Crippen LogP contribution in [0, 0.1) is 0 Å². The SMILES string of the molecule is CC(=O)O.O=C1O[C@H](C(O)CO)C(O)=C1O. The molecule has 0 bridgehead atoms. The molecule has 0 saturated carbocycles. The fraction of sp³-hybridized carbons (Fsp3) is 0.500. The summed E-state index contributed by atoms with van der Waals surface area (Å²) in [4.78, 5) is 19.5. The van der Waals surface area contributed by atoms with Crippen LogP contribution in [-0.4, -0.2) is 56.3 Å². The van der Waals surface area contributed by atoms with E-state index in [2.05, 4.69) is 4.74 Å². The Labute approximate surface area is 90.0 Å². The molecule has 0 aromatic carbocycles. The van der Waals surface area contributed by atoms with Crippen molar-refractivity contribution in [2.75, 3.05) is 6.61 Å². The highest BCUT2D eigenvalue weighted by molar-refractivity contribution is 5.89. The van der Waals surface area contributed by atoms with Gasteiger partial charge in [-0.25, -0.2) is 4.79 Å². The van der Waals surface area contributed by atoms with Gasteiger partial charge in [0.05, 0.1) is 6.61 Å². The van der Waals surface area contributed by atoms with Gasteiger partial charge in [0.1, 0.15) is 6.10 Å². The largest absolute Gasteiger partial charge is 0.505 e. The highest BCUT2D eigenvalue weighted by Crippen LogP contribution is 2.20. The molecule has 8 heteroatoms. The second kappa shape index (κ2) is 5.93. The number of carboxylic acid groups (broad SMARTS) is 1. The third kappa shape index (κ3) is 3.75. The van der Waals surface area contributed by atoms with E-state index in [0.29, 0.717) is 0 Å². The first-order valence-electron chi connectivity index (χ1n) is 4.12. The number of aliphatic hydroxyl groups excluding tert-OH is 4. The molecule has 1 heterocycles. The summed E-state index contributed by atoms with van der Waals surface area (Å²) in [6.07, 6.45) is -2.78. The van der Waals surface area contributed by atoms with Gasteiger partial charge in [0.15, 0.2) is 11.9 Å². The Morgan fingerprint density at radius 3 is 2.19 bits per heavy atom. The molecule has 0 saturated heterocycles. The van der Waals surface area contributed by atoms with Gasteiger partial charge in [0.2, 0.25) is 5.76 Å². The van der Waals surface area contributed by atoms with Crippen molar-refractivity contribution in [3.05, 3.63) is 11.5 Å². The Bertz CT molecular complexity index is 303. The third-order valence-electron chi connectivity index (χ3n) is 1.48. The molecule has 5 N–H and O–H groups in total. The Morgan fingerprint density at radius 1 is 1.50 bits per heavy atom. The standard InChI is InChI=1S/C6H8O6.C2H4O2/c7-1-2(8)5-3(9)4(10)6(11)12-5;1-2(3)4/h2,5,7-10H,1H2;1H3,(H,3,4)/t2?,5-;/m1./s1. The van der Waals surface area contributed by atoms with Gasteiger partial charge in [-0.05, 0) is 0 Å². The number of ether oxygens (including phenoxy) is 1. The second-order valence-electron chi connectivity index (χ2n) is 2.83. The third-order valence-corrected chi connectivity index (χ3v) is 1.48. The summed E-state index contributed by atoms with van der Waals surface area (Å²) in [7, 11) is 0. The van der Waals surface area contributed by atoms with Crippen molar-refractivity contribution in [2.45, 2.75) is 19.1 Å². The monoisotopic (exact) mass is 236 g/mol. The number of carbonyl (C=O) groups excluding carboxylic acids is 1. The van der Waals surface area contributed by atoms with Crippen LogP contribution in [0.2, 0.25) is 0 Å². The summed E-state index contributed by atoms with van der Waals surface area (Å²) in [5, 5.41) is 42.5. The minimum atomic E-state index is -1.42. The van der Waals surface area contributed by atoms with Crippen molar-refractivity contribution in [3.8, 4) is 0 Å². The maximum atomic E-state index is 10.5. The quantitative estimate of drug-likeness (QED) is 0.371. The lowest BCUT2D eigenvalue weighted by molar-refractivity contribution is -0.147. The molecule has 0 amide bonds. The average Bonchev–Trinajstić information content (AvgIpc) is 2.44. The van der Waals surface area contributed by atoms with E-state index in [4.69, 9.17) is 30.3 Å². The summed E-state index contributed by atoms with van der Waals surface area (Å²) < 4.78 is 4.32. The number of hydrogen-bond donors (Lipinski definition) is 5. The van der Waals surface area contributed by atoms with E-state index in [1.54, 1.807) is 0 Å². The molecule has 8 nitrogen and oxygen atoms in total. The van der Waals surface area contributed by atoms with Gasteiger partial charge in [-0.3, -0.25) is 4.79 Å². The molecule has 92 valence electrons. The number of carboxylic acids is 1. The number of cyclic esters (lactones) is 1. The lowest BCUT2D eigenvalue weighted by Crippen LogP contribution is -2.31. The van der Waals surface area contributed by atoms with E-state index < -0.39 is 42.3 Å². The number of aliphatic carboxylic acids is 1. The molecular weight excluding hydrogens is 224 g/mol. The first-order chi connectivity index (χ1) is 7.31. The summed E-state index contributed by atoms with van der Waals surface area (Å²) in [6.45, 7) is 0.412. The van der Waals surface area contributed by atoms with Crippen LogP contribution in [0.5, 0.6) is 0 Å². The van der Waals surface area contributed by atoms with E-state index >= 15 is 0 Å². The maximum absolute atomic E-state index is 10.5. The number of hydrogen-bond acceptors (Lipinski definition) is 7. The minimum absolute atomic E-state index is 0.671. The Morgan fingerprint density at radius 2 is 1.94 bits per heavy atom. The van der Waals surface area contributed by atoms with Gasteiger partial charge >= 0.3 is 5.97 Å². The average molecular weight is 236 g/mol. The molecule has 0 aliphatic carbocycles. The lowest BCUT2D eigenvalue weighted by atomic mass is 10.2. The first kappa shape index (κ1) is 14.2. The van der Waals surface area contributed by atoms with Crippen LogP contribution >= 0.6 is 0 Å². The van der Waals surface area contributed by atoms with E-state index in [1.165, 1.54) is 0 Å². The zero-order valence-corrected chi connectivity index (χ0v) is 8.32. The minimum Gasteiger partial charge on any atom is -0.505 e. The summed E-state index contributed by atoms with van der Waals surface area (Å²) in [5.74, 6) is -3.61. The van der Waals surface area contributed by atoms with Gasteiger partial charge in [-0.2, -0.15) is 0 Å². The van der Waals surface area contributed by atoms with Crippen molar-refractivity contribution in [1.29, 1.82) is 0 Å². The number of esters is 1. The predicted molar refractivity (Wildman–Crippen MR) is 48.6 cm³/mol. The second-order valence-corrected chi connectivity index (χ2v) is 2.83. The van der Waals surface area contributed by atoms with Crippen LogP contribution in [0.3, 0.4) is 0 Å². The molecule has 0 fully saturated rings. The van der Waals surface area contributed by atoms with Gasteiger partial charge in [0, 0.05) is 6.92 Å². The van der Waals surface area contributed by atoms with E-state index in [1.807, 2.05) is 0 Å². The fourth-order valence-corrected chi connectivity index (χ4v) is 0.823. The van der Waals surface area contributed by atoms with Crippen LogP contribution in [0.1, 0.15) is 6.92 Å². The predicted octanol–water partition coefficient (Wildman–Crippen LogP) is -1.32. The van der Waals surface area contributed by atoms with Gasteiger partial charge in [0.25, 0.3) is 5.97 Å². The van der Waals surface area contributed by atoms with E-state index in [9.17, 15) is 4.79 Å². The Balaban J connectivity index is 0.000000487.